The molecule has 2 fully saturated rings. The summed E-state index contributed by atoms with van der Waals surface area (Å²) >= 11 is 0. The van der Waals surface area contributed by atoms with E-state index in [9.17, 15) is 19.5 Å². The van der Waals surface area contributed by atoms with Crippen molar-refractivity contribution in [3.05, 3.63) is 66.8 Å². The zero-order valence-corrected chi connectivity index (χ0v) is 23.9. The fraction of sp³-hybridized carbons (Fsp3) is 0.485. The summed E-state index contributed by atoms with van der Waals surface area (Å²) in [6.07, 6.45) is 9.44. The van der Waals surface area contributed by atoms with Crippen molar-refractivity contribution in [3.8, 4) is 0 Å². The number of esters is 1. The van der Waals surface area contributed by atoms with Gasteiger partial charge in [0.25, 0.3) is 5.91 Å². The number of aliphatic hydroxyl groups excluding tert-OH is 1. The van der Waals surface area contributed by atoms with Gasteiger partial charge in [0, 0.05) is 12.2 Å². The highest BCUT2D eigenvalue weighted by Gasteiger charge is 2.75. The normalized spacial score (nSPS) is 33.0. The van der Waals surface area contributed by atoms with Gasteiger partial charge in [-0.25, -0.2) is 0 Å². The van der Waals surface area contributed by atoms with E-state index in [0.29, 0.717) is 24.9 Å². The summed E-state index contributed by atoms with van der Waals surface area (Å²) < 4.78 is 12.5. The van der Waals surface area contributed by atoms with Crippen LogP contribution < -0.4 is 4.90 Å². The fourth-order valence-corrected chi connectivity index (χ4v) is 7.36. The number of cyclic esters (lactones) is 1. The molecule has 1 N–H and O–H groups in total. The Morgan fingerprint density at radius 2 is 1.78 bits per heavy atom. The number of carbonyl (C=O) groups is 3. The van der Waals surface area contributed by atoms with E-state index >= 15 is 0 Å². The standard InChI is InChI=1S/C33H38N2O6/c1-21(2)18-25(20-36)35-28-30(38)34(24-13-12-22-10-5-6-11-23(22)19-24)16-9-15-33(28)26(29(35)37)27-31(39)40-17-8-4-7-14-32(27,3)41-33/h5-7,9-15,19,21,25-28,36H,4,8,16-18,20H2,1-3H3/b14-7-/t25-,26+,27+,28?,32-,33+/m1/s1. The predicted octanol–water partition coefficient (Wildman–Crippen LogP) is 4.01. The Hall–Kier alpha value is -3.49. The van der Waals surface area contributed by atoms with E-state index in [0.717, 1.165) is 10.8 Å². The van der Waals surface area contributed by atoms with E-state index in [1.165, 1.54) is 4.90 Å². The topological polar surface area (TPSA) is 96.4 Å². The number of fused-ring (bicyclic) bond motifs is 3. The van der Waals surface area contributed by atoms with Crippen molar-refractivity contribution in [2.75, 3.05) is 24.7 Å². The highest BCUT2D eigenvalue weighted by molar-refractivity contribution is 6.06. The van der Waals surface area contributed by atoms with Crippen LogP contribution in [0.15, 0.2) is 66.8 Å². The first-order valence-corrected chi connectivity index (χ1v) is 14.7. The number of ether oxygens (including phenoxy) is 2. The first kappa shape index (κ1) is 27.7. The molecular weight excluding hydrogens is 520 g/mol. The number of anilines is 1. The summed E-state index contributed by atoms with van der Waals surface area (Å²) in [6.45, 7) is 6.08. The summed E-state index contributed by atoms with van der Waals surface area (Å²) in [5, 5.41) is 12.6. The molecule has 1 unspecified atom stereocenters. The molecule has 2 aromatic rings. The zero-order valence-electron chi connectivity index (χ0n) is 23.9. The molecule has 2 amide bonds. The van der Waals surface area contributed by atoms with Gasteiger partial charge in [0.1, 0.15) is 17.6 Å². The first-order valence-electron chi connectivity index (χ1n) is 14.7. The first-order chi connectivity index (χ1) is 19.7. The van der Waals surface area contributed by atoms with Crippen molar-refractivity contribution < 1.29 is 29.0 Å². The lowest BCUT2D eigenvalue weighted by molar-refractivity contribution is -0.159. The molecular formula is C33H38N2O6. The van der Waals surface area contributed by atoms with Gasteiger partial charge >= 0.3 is 5.97 Å². The SMILES string of the molecule is CC(C)C[C@H](CO)N1C(=O)[C@@H]2[C@H]3C(=O)OCCC/C=C\[C@@]3(C)O[C@@]23C=CCN(c2ccc4ccccc4c2)C(=O)C13. The number of amides is 2. The second-order valence-corrected chi connectivity index (χ2v) is 12.3. The van der Waals surface area contributed by atoms with Gasteiger partial charge in [0.2, 0.25) is 5.91 Å². The van der Waals surface area contributed by atoms with Gasteiger partial charge < -0.3 is 24.4 Å². The molecule has 8 nitrogen and oxygen atoms in total. The monoisotopic (exact) mass is 558 g/mol. The predicted molar refractivity (Wildman–Crippen MR) is 155 cm³/mol. The van der Waals surface area contributed by atoms with Gasteiger partial charge in [0.05, 0.1) is 30.8 Å². The molecule has 4 aliphatic heterocycles. The minimum absolute atomic E-state index is 0.161. The van der Waals surface area contributed by atoms with Crippen LogP contribution in [0, 0.1) is 17.8 Å². The van der Waals surface area contributed by atoms with E-state index < -0.39 is 41.1 Å². The molecule has 2 saturated heterocycles. The Kier molecular flexibility index (Phi) is 7.02. The quantitative estimate of drug-likeness (QED) is 0.440. The molecule has 1 spiro atoms. The van der Waals surface area contributed by atoms with Crippen LogP contribution in [0.5, 0.6) is 0 Å². The number of aliphatic hydroxyl groups is 1. The van der Waals surface area contributed by atoms with Crippen molar-refractivity contribution in [1.29, 1.82) is 0 Å². The van der Waals surface area contributed by atoms with Crippen LogP contribution in [0.3, 0.4) is 0 Å². The summed E-state index contributed by atoms with van der Waals surface area (Å²) in [7, 11) is 0. The van der Waals surface area contributed by atoms with Crippen LogP contribution in [-0.4, -0.2) is 70.8 Å². The van der Waals surface area contributed by atoms with Crippen LogP contribution in [-0.2, 0) is 23.9 Å². The minimum Gasteiger partial charge on any atom is -0.465 e. The molecule has 0 radical (unpaired) electrons. The molecule has 6 atom stereocenters. The Morgan fingerprint density at radius 3 is 2.54 bits per heavy atom. The third-order valence-electron chi connectivity index (χ3n) is 9.08. The molecule has 8 heteroatoms. The van der Waals surface area contributed by atoms with Crippen molar-refractivity contribution in [2.45, 2.75) is 63.3 Å². The Bertz CT molecular complexity index is 1430. The van der Waals surface area contributed by atoms with Gasteiger partial charge in [-0.1, -0.05) is 68.5 Å². The second kappa shape index (κ2) is 10.4. The van der Waals surface area contributed by atoms with Crippen LogP contribution in [0.2, 0.25) is 0 Å². The average Bonchev–Trinajstić information content (AvgIpc) is 3.30. The Balaban J connectivity index is 1.50. The number of likely N-dealkylation sites (tertiary alicyclic amines) is 1. The summed E-state index contributed by atoms with van der Waals surface area (Å²) in [5.41, 5.74) is -1.82. The van der Waals surface area contributed by atoms with Crippen molar-refractivity contribution in [2.24, 2.45) is 17.8 Å². The lowest BCUT2D eigenvalue weighted by Crippen LogP contribution is -2.59. The third-order valence-corrected chi connectivity index (χ3v) is 9.08. The van der Waals surface area contributed by atoms with E-state index in [4.69, 9.17) is 9.47 Å². The van der Waals surface area contributed by atoms with Crippen LogP contribution in [0.1, 0.15) is 40.0 Å². The molecule has 6 rings (SSSR count). The number of allylic oxidation sites excluding steroid dienone is 1. The largest absolute Gasteiger partial charge is 0.465 e. The second-order valence-electron chi connectivity index (χ2n) is 12.3. The number of hydrogen-bond donors (Lipinski definition) is 1. The number of nitrogens with zero attached hydrogens (tertiary/aromatic N) is 2. The molecule has 0 aromatic heterocycles. The Morgan fingerprint density at radius 1 is 1.00 bits per heavy atom. The van der Waals surface area contributed by atoms with Crippen molar-refractivity contribution >= 4 is 34.2 Å². The maximum absolute atomic E-state index is 14.7. The molecule has 0 saturated carbocycles. The minimum atomic E-state index is -1.40. The van der Waals surface area contributed by atoms with Gasteiger partial charge in [-0.05, 0) is 55.0 Å². The summed E-state index contributed by atoms with van der Waals surface area (Å²) in [6, 6.07) is 12.2. The number of rotatable bonds is 5. The summed E-state index contributed by atoms with van der Waals surface area (Å²) in [5.74, 6) is -2.88. The Labute approximate surface area is 240 Å². The van der Waals surface area contributed by atoms with Crippen molar-refractivity contribution in [1.82, 2.24) is 4.90 Å². The molecule has 41 heavy (non-hydrogen) atoms. The van der Waals surface area contributed by atoms with Crippen molar-refractivity contribution in [3.63, 3.8) is 0 Å². The van der Waals surface area contributed by atoms with Crippen LogP contribution in [0.4, 0.5) is 5.69 Å². The number of carbonyl (C=O) groups excluding carboxylic acids is 3. The molecule has 0 bridgehead atoms. The molecule has 4 heterocycles. The maximum Gasteiger partial charge on any atom is 0.313 e. The summed E-state index contributed by atoms with van der Waals surface area (Å²) in [4.78, 5) is 46.1. The molecule has 216 valence electrons. The van der Waals surface area contributed by atoms with Gasteiger partial charge in [-0.2, -0.15) is 0 Å². The average molecular weight is 559 g/mol. The van der Waals surface area contributed by atoms with E-state index in [-0.39, 0.29) is 37.5 Å². The van der Waals surface area contributed by atoms with E-state index in [2.05, 4.69) is 0 Å². The molecule has 2 aromatic carbocycles. The van der Waals surface area contributed by atoms with Gasteiger partial charge in [-0.15, -0.1) is 0 Å². The molecule has 0 aliphatic carbocycles. The highest BCUT2D eigenvalue weighted by atomic mass is 16.6. The van der Waals surface area contributed by atoms with Crippen LogP contribution >= 0.6 is 0 Å². The van der Waals surface area contributed by atoms with Crippen LogP contribution in [0.25, 0.3) is 10.8 Å². The van der Waals surface area contributed by atoms with E-state index in [1.807, 2.05) is 87.5 Å². The van der Waals surface area contributed by atoms with Gasteiger partial charge in [-0.3, -0.25) is 14.4 Å². The maximum atomic E-state index is 14.7. The smallest absolute Gasteiger partial charge is 0.313 e. The lowest BCUT2D eigenvalue weighted by atomic mass is 9.74. The van der Waals surface area contributed by atoms with E-state index in [1.54, 1.807) is 4.90 Å². The van der Waals surface area contributed by atoms with Gasteiger partial charge in [0.15, 0.2) is 0 Å². The fourth-order valence-electron chi connectivity index (χ4n) is 7.36. The molecule has 4 aliphatic rings. The number of benzene rings is 2. The number of hydrogen-bond acceptors (Lipinski definition) is 6. The third kappa shape index (κ3) is 4.39. The highest BCUT2D eigenvalue weighted by Crippen LogP contribution is 2.57. The lowest BCUT2D eigenvalue weighted by Gasteiger charge is -2.40. The zero-order chi connectivity index (χ0) is 28.9.